The molecule has 2 aromatic rings. The van der Waals surface area contributed by atoms with Crippen molar-refractivity contribution in [1.29, 1.82) is 0 Å². The predicted molar refractivity (Wildman–Crippen MR) is 105 cm³/mol. The van der Waals surface area contributed by atoms with E-state index >= 15 is 0 Å². The first-order valence-electron chi connectivity index (χ1n) is 9.57. The topological polar surface area (TPSA) is 33.2 Å². The van der Waals surface area contributed by atoms with Gasteiger partial charge in [-0.15, -0.1) is 0 Å². The van der Waals surface area contributed by atoms with Crippen molar-refractivity contribution in [2.24, 2.45) is 5.92 Å². The van der Waals surface area contributed by atoms with E-state index < -0.39 is 0 Å². The lowest BCUT2D eigenvalue weighted by molar-refractivity contribution is -0.123. The van der Waals surface area contributed by atoms with E-state index in [0.717, 1.165) is 48.5 Å². The molecule has 1 aromatic carbocycles. The highest BCUT2D eigenvalue weighted by atomic mass is 35.5. The van der Waals surface area contributed by atoms with Crippen molar-refractivity contribution < 1.29 is 9.18 Å². The first kappa shape index (κ1) is 18.6. The predicted octanol–water partition coefficient (Wildman–Crippen LogP) is 4.40. The smallest absolute Gasteiger partial charge is 0.146 e. The number of pyridine rings is 1. The van der Waals surface area contributed by atoms with Crippen LogP contribution in [0.4, 0.5) is 4.39 Å². The van der Waals surface area contributed by atoms with Gasteiger partial charge in [0.25, 0.3) is 0 Å². The summed E-state index contributed by atoms with van der Waals surface area (Å²) in [5.41, 5.74) is 4.39. The molecule has 4 rings (SSSR count). The molecule has 3 atom stereocenters. The Morgan fingerprint density at radius 3 is 2.81 bits per heavy atom. The van der Waals surface area contributed by atoms with E-state index in [1.807, 2.05) is 19.2 Å². The lowest BCUT2D eigenvalue weighted by Crippen LogP contribution is -2.45. The normalized spacial score (nSPS) is 25.4. The van der Waals surface area contributed by atoms with E-state index in [4.69, 9.17) is 11.6 Å². The fourth-order valence-electron chi connectivity index (χ4n) is 4.85. The Morgan fingerprint density at radius 2 is 2.04 bits per heavy atom. The highest BCUT2D eigenvalue weighted by molar-refractivity contribution is 6.30. The van der Waals surface area contributed by atoms with Gasteiger partial charge in [0, 0.05) is 10.9 Å². The third-order valence-corrected chi connectivity index (χ3v) is 6.45. The van der Waals surface area contributed by atoms with Gasteiger partial charge >= 0.3 is 0 Å². The SMILES string of the molecule is CC(=O)[C@H]1CC([C@@H]2c3ccc(Cl)cc3CCc3cc(F)cnc32)CCN1C. The summed E-state index contributed by atoms with van der Waals surface area (Å²) < 4.78 is 13.9. The molecule has 1 aliphatic carbocycles. The minimum atomic E-state index is -0.290. The molecule has 5 heteroatoms. The molecule has 3 nitrogen and oxygen atoms in total. The zero-order valence-electron chi connectivity index (χ0n) is 15.7. The fourth-order valence-corrected chi connectivity index (χ4v) is 5.04. The number of hydrogen-bond acceptors (Lipinski definition) is 3. The number of halogens is 2. The Morgan fingerprint density at radius 1 is 1.26 bits per heavy atom. The first-order valence-corrected chi connectivity index (χ1v) is 9.95. The lowest BCUT2D eigenvalue weighted by Gasteiger charge is -2.39. The van der Waals surface area contributed by atoms with Crippen LogP contribution in [0.1, 0.15) is 48.1 Å². The van der Waals surface area contributed by atoms with Gasteiger partial charge in [0.1, 0.15) is 11.6 Å². The van der Waals surface area contributed by atoms with Crippen molar-refractivity contribution in [3.05, 3.63) is 63.7 Å². The number of ketones is 1. The Kier molecular flexibility index (Phi) is 5.04. The highest BCUT2D eigenvalue weighted by Gasteiger charge is 2.38. The van der Waals surface area contributed by atoms with Gasteiger partial charge in [-0.2, -0.15) is 0 Å². The van der Waals surface area contributed by atoms with Crippen LogP contribution < -0.4 is 0 Å². The van der Waals surface area contributed by atoms with E-state index in [9.17, 15) is 9.18 Å². The zero-order valence-corrected chi connectivity index (χ0v) is 16.5. The second kappa shape index (κ2) is 7.33. The molecule has 2 aliphatic rings. The third-order valence-electron chi connectivity index (χ3n) is 6.22. The number of rotatable bonds is 2. The van der Waals surface area contributed by atoms with Gasteiger partial charge in [-0.25, -0.2) is 4.39 Å². The van der Waals surface area contributed by atoms with Crippen LogP contribution in [0.25, 0.3) is 0 Å². The molecule has 1 fully saturated rings. The number of aryl methyl sites for hydroxylation is 2. The van der Waals surface area contributed by atoms with Crippen molar-refractivity contribution in [3.63, 3.8) is 0 Å². The fraction of sp³-hybridized carbons (Fsp3) is 0.455. The number of fused-ring (bicyclic) bond motifs is 2. The van der Waals surface area contributed by atoms with E-state index in [2.05, 4.69) is 16.0 Å². The molecule has 142 valence electrons. The average Bonchev–Trinajstić information content (AvgIpc) is 2.78. The molecular weight excluding hydrogens is 363 g/mol. The van der Waals surface area contributed by atoms with Crippen molar-refractivity contribution in [2.75, 3.05) is 13.6 Å². The van der Waals surface area contributed by atoms with Gasteiger partial charge < -0.3 is 0 Å². The van der Waals surface area contributed by atoms with Crippen LogP contribution >= 0.6 is 11.6 Å². The summed E-state index contributed by atoms with van der Waals surface area (Å²) in [7, 11) is 2.02. The van der Waals surface area contributed by atoms with Crippen LogP contribution in [0.2, 0.25) is 5.02 Å². The lowest BCUT2D eigenvalue weighted by atomic mass is 9.74. The summed E-state index contributed by atoms with van der Waals surface area (Å²) in [6, 6.07) is 7.62. The van der Waals surface area contributed by atoms with Crippen molar-refractivity contribution >= 4 is 17.4 Å². The molecule has 1 aromatic heterocycles. The molecule has 0 N–H and O–H groups in total. The number of likely N-dealkylation sites (tertiary alicyclic amines) is 1. The maximum absolute atomic E-state index is 13.9. The molecule has 1 aliphatic heterocycles. The number of hydrogen-bond donors (Lipinski definition) is 0. The summed E-state index contributed by atoms with van der Waals surface area (Å²) in [6.45, 7) is 2.55. The number of aromatic nitrogens is 1. The maximum Gasteiger partial charge on any atom is 0.146 e. The van der Waals surface area contributed by atoms with E-state index in [1.54, 1.807) is 13.0 Å². The molecule has 0 spiro atoms. The molecule has 1 saturated heterocycles. The summed E-state index contributed by atoms with van der Waals surface area (Å²) in [4.78, 5) is 18.9. The van der Waals surface area contributed by atoms with Gasteiger partial charge in [0.05, 0.1) is 17.9 Å². The molecular formula is C22H24ClFN2O. The van der Waals surface area contributed by atoms with Gasteiger partial charge in [-0.3, -0.25) is 14.7 Å². The third kappa shape index (κ3) is 3.53. The minimum Gasteiger partial charge on any atom is -0.298 e. The zero-order chi connectivity index (χ0) is 19.1. The van der Waals surface area contributed by atoms with Crippen LogP contribution in [0, 0.1) is 11.7 Å². The summed E-state index contributed by atoms with van der Waals surface area (Å²) in [5, 5.41) is 0.725. The summed E-state index contributed by atoms with van der Waals surface area (Å²) >= 11 is 6.26. The number of likely N-dealkylation sites (N-methyl/N-ethyl adjacent to an activating group) is 1. The number of Topliss-reactive ketones (excluding diaryl/α,β-unsaturated/α-hetero) is 1. The number of piperidine rings is 1. The van der Waals surface area contributed by atoms with Crippen LogP contribution in [0.3, 0.4) is 0 Å². The molecule has 0 saturated carbocycles. The average molecular weight is 387 g/mol. The van der Waals surface area contributed by atoms with Crippen molar-refractivity contribution in [2.45, 2.75) is 44.6 Å². The second-order valence-electron chi connectivity index (χ2n) is 7.91. The van der Waals surface area contributed by atoms with Crippen LogP contribution in [-0.4, -0.2) is 35.3 Å². The summed E-state index contributed by atoms with van der Waals surface area (Å²) in [6.07, 6.45) is 4.70. The van der Waals surface area contributed by atoms with E-state index in [1.165, 1.54) is 17.3 Å². The minimum absolute atomic E-state index is 0.0633. The van der Waals surface area contributed by atoms with Gasteiger partial charge in [0.2, 0.25) is 0 Å². The Hall–Kier alpha value is -1.78. The summed E-state index contributed by atoms with van der Waals surface area (Å²) in [5.74, 6) is 0.289. The Balaban J connectivity index is 1.82. The second-order valence-corrected chi connectivity index (χ2v) is 8.35. The monoisotopic (exact) mass is 386 g/mol. The van der Waals surface area contributed by atoms with Gasteiger partial charge in [0.15, 0.2) is 0 Å². The van der Waals surface area contributed by atoms with Crippen molar-refractivity contribution in [3.8, 4) is 0 Å². The Bertz CT molecular complexity index is 831. The van der Waals surface area contributed by atoms with Gasteiger partial charge in [-0.05, 0) is 87.0 Å². The number of benzene rings is 1. The largest absolute Gasteiger partial charge is 0.298 e. The van der Waals surface area contributed by atoms with Crippen LogP contribution in [-0.2, 0) is 17.6 Å². The quantitative estimate of drug-likeness (QED) is 0.766. The number of carbonyl (C=O) groups excluding carboxylic acids is 1. The number of carbonyl (C=O) groups is 1. The highest BCUT2D eigenvalue weighted by Crippen LogP contribution is 2.43. The van der Waals surface area contributed by atoms with Crippen LogP contribution in [0.5, 0.6) is 0 Å². The van der Waals surface area contributed by atoms with E-state index in [0.29, 0.717) is 5.92 Å². The molecule has 0 amide bonds. The first-order chi connectivity index (χ1) is 12.9. The maximum atomic E-state index is 13.9. The van der Waals surface area contributed by atoms with Crippen LogP contribution in [0.15, 0.2) is 30.5 Å². The molecule has 0 radical (unpaired) electrons. The molecule has 27 heavy (non-hydrogen) atoms. The molecule has 1 unspecified atom stereocenters. The van der Waals surface area contributed by atoms with Crippen molar-refractivity contribution in [1.82, 2.24) is 9.88 Å². The Labute approximate surface area is 164 Å². The standard InChI is InChI=1S/C22H24ClFN2O/c1-13(27)20-11-15(7-8-26(20)2)21-19-6-5-17(23)9-14(19)3-4-16-10-18(24)12-25-22(16)21/h5-6,9-10,12,15,20-21H,3-4,7-8,11H2,1-2H3/t15?,20-,21-/m1/s1. The van der Waals surface area contributed by atoms with E-state index in [-0.39, 0.29) is 23.6 Å². The van der Waals surface area contributed by atoms with Gasteiger partial charge in [-0.1, -0.05) is 17.7 Å². The molecule has 0 bridgehead atoms. The number of nitrogens with zero attached hydrogens (tertiary/aromatic N) is 2. The molecule has 2 heterocycles.